The molecule has 0 saturated heterocycles. The molecule has 0 radical (unpaired) electrons. The summed E-state index contributed by atoms with van der Waals surface area (Å²) in [5, 5.41) is 9.86. The summed E-state index contributed by atoms with van der Waals surface area (Å²) >= 11 is 6.61. The van der Waals surface area contributed by atoms with Gasteiger partial charge < -0.3 is 15.2 Å². The van der Waals surface area contributed by atoms with Crippen molar-refractivity contribution in [2.45, 2.75) is 84.7 Å². The zero-order valence-electron chi connectivity index (χ0n) is 24.1. The van der Waals surface area contributed by atoms with Gasteiger partial charge in [0, 0.05) is 40.7 Å². The van der Waals surface area contributed by atoms with Crippen molar-refractivity contribution in [3.05, 3.63) is 76.5 Å². The molecular formula is C31H39ClN4O4. The van der Waals surface area contributed by atoms with Gasteiger partial charge in [-0.15, -0.1) is 0 Å². The van der Waals surface area contributed by atoms with Crippen LogP contribution >= 0.6 is 11.6 Å². The van der Waals surface area contributed by atoms with Crippen molar-refractivity contribution in [2.75, 3.05) is 10.2 Å². The van der Waals surface area contributed by atoms with Gasteiger partial charge in [0.2, 0.25) is 17.7 Å². The number of anilines is 2. The molecule has 3 amide bonds. The van der Waals surface area contributed by atoms with Crippen molar-refractivity contribution in [1.82, 2.24) is 10.5 Å². The summed E-state index contributed by atoms with van der Waals surface area (Å²) < 4.78 is 4.99. The van der Waals surface area contributed by atoms with Crippen LogP contribution in [0.25, 0.3) is 0 Å². The summed E-state index contributed by atoms with van der Waals surface area (Å²) in [5.41, 5.74) is 1.66. The largest absolute Gasteiger partial charge is 0.360 e. The third-order valence-electron chi connectivity index (χ3n) is 7.13. The van der Waals surface area contributed by atoms with Crippen molar-refractivity contribution in [1.29, 1.82) is 0 Å². The molecule has 3 rings (SSSR count). The van der Waals surface area contributed by atoms with Crippen molar-refractivity contribution in [2.24, 2.45) is 0 Å². The molecule has 1 heterocycles. The number of rotatable bonds is 12. The van der Waals surface area contributed by atoms with Gasteiger partial charge in [0.25, 0.3) is 0 Å². The van der Waals surface area contributed by atoms with E-state index in [9.17, 15) is 14.4 Å². The molecule has 0 aliphatic carbocycles. The van der Waals surface area contributed by atoms with Crippen LogP contribution in [0.1, 0.15) is 89.1 Å². The predicted octanol–water partition coefficient (Wildman–Crippen LogP) is 6.95. The maximum absolute atomic E-state index is 13.9. The molecule has 214 valence electrons. The van der Waals surface area contributed by atoms with E-state index in [0.29, 0.717) is 34.4 Å². The second-order valence-corrected chi connectivity index (χ2v) is 11.1. The molecule has 0 unspecified atom stereocenters. The highest BCUT2D eigenvalue weighted by atomic mass is 35.5. The van der Waals surface area contributed by atoms with E-state index in [4.69, 9.17) is 16.1 Å². The van der Waals surface area contributed by atoms with Crippen LogP contribution < -0.4 is 15.5 Å². The highest BCUT2D eigenvalue weighted by Gasteiger charge is 2.36. The highest BCUT2D eigenvalue weighted by Crippen LogP contribution is 2.34. The lowest BCUT2D eigenvalue weighted by Crippen LogP contribution is -2.50. The molecule has 2 N–H and O–H groups in total. The number of amides is 3. The third kappa shape index (κ3) is 7.94. The van der Waals surface area contributed by atoms with E-state index >= 15 is 0 Å². The van der Waals surface area contributed by atoms with Crippen molar-refractivity contribution in [3.8, 4) is 0 Å². The minimum Gasteiger partial charge on any atom is -0.360 e. The molecule has 0 fully saturated rings. The summed E-state index contributed by atoms with van der Waals surface area (Å²) in [5.74, 6) is 0.0400. The van der Waals surface area contributed by atoms with Crippen LogP contribution in [0.2, 0.25) is 5.02 Å². The molecule has 0 aliphatic heterocycles. The molecule has 1 aromatic heterocycles. The number of nitrogens with one attached hydrogen (secondary N) is 2. The molecule has 0 aliphatic rings. The molecule has 0 bridgehead atoms. The molecule has 9 heteroatoms. The van der Waals surface area contributed by atoms with E-state index in [0.717, 1.165) is 12.0 Å². The summed E-state index contributed by atoms with van der Waals surface area (Å²) in [4.78, 5) is 41.9. The van der Waals surface area contributed by atoms with Crippen LogP contribution in [0.4, 0.5) is 11.5 Å². The second-order valence-electron chi connectivity index (χ2n) is 10.7. The van der Waals surface area contributed by atoms with Crippen LogP contribution in [-0.4, -0.2) is 28.4 Å². The average molecular weight is 567 g/mol. The van der Waals surface area contributed by atoms with Crippen LogP contribution in [0.5, 0.6) is 0 Å². The Morgan fingerprint density at radius 3 is 2.30 bits per heavy atom. The summed E-state index contributed by atoms with van der Waals surface area (Å²) in [6.45, 7) is 11.8. The Labute approximate surface area is 241 Å². The summed E-state index contributed by atoms with van der Waals surface area (Å²) in [7, 11) is 0. The first kappa shape index (κ1) is 30.9. The Morgan fingerprint density at radius 2 is 1.73 bits per heavy atom. The maximum Gasteiger partial charge on any atom is 0.248 e. The maximum atomic E-state index is 13.9. The predicted molar refractivity (Wildman–Crippen MR) is 158 cm³/mol. The van der Waals surface area contributed by atoms with Crippen LogP contribution in [0, 0.1) is 6.92 Å². The zero-order chi connectivity index (χ0) is 29.4. The SMILES string of the molecule is CC[C@H](C)c1ccc(N(C(=O)CCC(=O)Nc2cc(C)on2)[C@@H](C(=O)NC(C)(C)CC)c2ccccc2Cl)cc1. The number of carbonyl (C=O) groups excluding carboxylic acids is 3. The molecular weight excluding hydrogens is 528 g/mol. The summed E-state index contributed by atoms with van der Waals surface area (Å²) in [6, 6.07) is 15.2. The number of aromatic nitrogens is 1. The lowest BCUT2D eigenvalue weighted by atomic mass is 9.96. The Bertz CT molecular complexity index is 1320. The fourth-order valence-electron chi connectivity index (χ4n) is 4.19. The van der Waals surface area contributed by atoms with Gasteiger partial charge in [0.1, 0.15) is 11.8 Å². The van der Waals surface area contributed by atoms with Gasteiger partial charge in [-0.25, -0.2) is 0 Å². The minimum absolute atomic E-state index is 0.108. The molecule has 3 aromatic rings. The monoisotopic (exact) mass is 566 g/mol. The fourth-order valence-corrected chi connectivity index (χ4v) is 4.43. The zero-order valence-corrected chi connectivity index (χ0v) is 24.8. The number of halogens is 1. The molecule has 0 saturated carbocycles. The number of nitrogens with zero attached hydrogens (tertiary/aromatic N) is 2. The number of hydrogen-bond donors (Lipinski definition) is 2. The number of carbonyl (C=O) groups is 3. The number of aryl methyl sites for hydroxylation is 1. The van der Waals surface area contributed by atoms with E-state index < -0.39 is 17.5 Å². The Balaban J connectivity index is 2.01. The summed E-state index contributed by atoms with van der Waals surface area (Å²) in [6.07, 6.45) is 1.41. The average Bonchev–Trinajstić information content (AvgIpc) is 3.34. The van der Waals surface area contributed by atoms with Crippen LogP contribution in [-0.2, 0) is 14.4 Å². The first-order chi connectivity index (χ1) is 19.0. The van der Waals surface area contributed by atoms with Crippen molar-refractivity contribution < 1.29 is 18.9 Å². The fraction of sp³-hybridized carbons (Fsp3) is 0.419. The normalized spacial score (nSPS) is 12.9. The van der Waals surface area contributed by atoms with Gasteiger partial charge in [-0.05, 0) is 63.3 Å². The molecule has 40 heavy (non-hydrogen) atoms. The minimum atomic E-state index is -1.05. The quantitative estimate of drug-likeness (QED) is 0.247. The van der Waals surface area contributed by atoms with Gasteiger partial charge >= 0.3 is 0 Å². The first-order valence-electron chi connectivity index (χ1n) is 13.7. The van der Waals surface area contributed by atoms with Gasteiger partial charge in [0.05, 0.1) is 0 Å². The number of hydrogen-bond acceptors (Lipinski definition) is 5. The Morgan fingerprint density at radius 1 is 1.05 bits per heavy atom. The van der Waals surface area contributed by atoms with E-state index in [2.05, 4.69) is 29.6 Å². The standard InChI is InChI=1S/C31H39ClN4O4/c1-7-20(3)22-13-15-23(16-14-22)36(28(38)18-17-27(37)33-26-19-21(4)40-35-26)29(24-11-9-10-12-25(24)32)30(39)34-31(5,6)8-2/h9-16,19-20,29H,7-8,17-18H2,1-6H3,(H,34,39)(H,33,35,37)/t20-,29+/m0/s1. The van der Waals surface area contributed by atoms with E-state index in [1.165, 1.54) is 4.90 Å². The lowest BCUT2D eigenvalue weighted by molar-refractivity contribution is -0.128. The van der Waals surface area contributed by atoms with E-state index in [-0.39, 0.29) is 30.5 Å². The smallest absolute Gasteiger partial charge is 0.248 e. The van der Waals surface area contributed by atoms with Crippen molar-refractivity contribution in [3.63, 3.8) is 0 Å². The Kier molecular flexibility index (Phi) is 10.5. The van der Waals surface area contributed by atoms with Gasteiger partial charge in [0.15, 0.2) is 5.82 Å². The van der Waals surface area contributed by atoms with Gasteiger partial charge in [-0.3, -0.25) is 19.3 Å². The first-order valence-corrected chi connectivity index (χ1v) is 14.0. The molecule has 2 atom stereocenters. The van der Waals surface area contributed by atoms with Crippen LogP contribution in [0.3, 0.4) is 0 Å². The topological polar surface area (TPSA) is 105 Å². The van der Waals surface area contributed by atoms with Gasteiger partial charge in [-0.1, -0.05) is 67.9 Å². The number of benzene rings is 2. The van der Waals surface area contributed by atoms with E-state index in [1.807, 2.05) is 45.0 Å². The second kappa shape index (κ2) is 13.6. The lowest BCUT2D eigenvalue weighted by Gasteiger charge is -2.35. The van der Waals surface area contributed by atoms with Crippen LogP contribution in [0.15, 0.2) is 59.1 Å². The third-order valence-corrected chi connectivity index (χ3v) is 7.48. The van der Waals surface area contributed by atoms with Gasteiger partial charge in [-0.2, -0.15) is 0 Å². The molecule has 2 aromatic carbocycles. The van der Waals surface area contributed by atoms with E-state index in [1.54, 1.807) is 37.3 Å². The Hall–Kier alpha value is -3.65. The molecule has 0 spiro atoms. The molecule has 8 nitrogen and oxygen atoms in total. The highest BCUT2D eigenvalue weighted by molar-refractivity contribution is 6.31. The van der Waals surface area contributed by atoms with Crippen molar-refractivity contribution >= 4 is 40.8 Å².